The van der Waals surface area contributed by atoms with Gasteiger partial charge in [-0.2, -0.15) is 0 Å². The Kier molecular flexibility index (Phi) is 5.00. The van der Waals surface area contributed by atoms with Crippen molar-refractivity contribution in [3.8, 4) is 0 Å². The Morgan fingerprint density at radius 3 is 2.22 bits per heavy atom. The zero-order chi connectivity index (χ0) is 20.5. The predicted molar refractivity (Wildman–Crippen MR) is 113 cm³/mol. The standard InChI is InChI=1S/C23H42O3Si/c1-16(24)26-19-11-12-22(7)18-14-21(5,6)17(18)10-13-23(19,22)15-25-27(8,9)20(2,3)4/h17-19H,10-15H2,1-9H3/t17-,18+,19-,22+,23-/m1/s1. The van der Waals surface area contributed by atoms with Gasteiger partial charge in [-0.25, -0.2) is 0 Å². The van der Waals surface area contributed by atoms with Gasteiger partial charge in [-0.1, -0.05) is 41.5 Å². The van der Waals surface area contributed by atoms with Crippen LogP contribution in [0.25, 0.3) is 0 Å². The number of fused-ring (bicyclic) bond motifs is 3. The van der Waals surface area contributed by atoms with Crippen LogP contribution in [-0.4, -0.2) is 27.0 Å². The second kappa shape index (κ2) is 6.32. The van der Waals surface area contributed by atoms with Crippen molar-refractivity contribution in [2.45, 2.75) is 105 Å². The summed E-state index contributed by atoms with van der Waals surface area (Å²) in [5.41, 5.74) is 0.694. The van der Waals surface area contributed by atoms with E-state index in [0.29, 0.717) is 5.41 Å². The molecule has 0 aliphatic heterocycles. The van der Waals surface area contributed by atoms with Gasteiger partial charge in [0.05, 0.1) is 0 Å². The topological polar surface area (TPSA) is 35.5 Å². The fourth-order valence-electron chi connectivity index (χ4n) is 6.47. The largest absolute Gasteiger partial charge is 0.462 e. The van der Waals surface area contributed by atoms with E-state index in [-0.39, 0.29) is 27.9 Å². The van der Waals surface area contributed by atoms with Crippen LogP contribution < -0.4 is 0 Å². The molecule has 0 saturated heterocycles. The van der Waals surface area contributed by atoms with Crippen molar-refractivity contribution in [1.82, 2.24) is 0 Å². The molecule has 0 bridgehead atoms. The summed E-state index contributed by atoms with van der Waals surface area (Å²) >= 11 is 0. The monoisotopic (exact) mass is 394 g/mol. The van der Waals surface area contributed by atoms with Gasteiger partial charge in [0.1, 0.15) is 6.10 Å². The molecule has 0 N–H and O–H groups in total. The van der Waals surface area contributed by atoms with Gasteiger partial charge >= 0.3 is 5.97 Å². The van der Waals surface area contributed by atoms with Crippen LogP contribution in [0.3, 0.4) is 0 Å². The quantitative estimate of drug-likeness (QED) is 0.422. The van der Waals surface area contributed by atoms with E-state index in [0.717, 1.165) is 31.3 Å². The number of rotatable bonds is 4. The molecule has 5 atom stereocenters. The number of hydrogen-bond donors (Lipinski definition) is 0. The van der Waals surface area contributed by atoms with Gasteiger partial charge in [-0.05, 0) is 72.9 Å². The first-order chi connectivity index (χ1) is 12.2. The van der Waals surface area contributed by atoms with E-state index < -0.39 is 8.32 Å². The Balaban J connectivity index is 1.91. The Hall–Kier alpha value is -0.353. The Labute approximate surface area is 168 Å². The molecule has 0 aromatic heterocycles. The summed E-state index contributed by atoms with van der Waals surface area (Å²) in [7, 11) is -1.85. The lowest BCUT2D eigenvalue weighted by Crippen LogP contribution is -2.63. The summed E-state index contributed by atoms with van der Waals surface area (Å²) in [6.45, 7) is 21.3. The minimum absolute atomic E-state index is 0.00808. The fraction of sp³-hybridized carbons (Fsp3) is 0.957. The summed E-state index contributed by atoms with van der Waals surface area (Å²) in [4.78, 5) is 11.9. The van der Waals surface area contributed by atoms with Crippen molar-refractivity contribution in [3.63, 3.8) is 0 Å². The van der Waals surface area contributed by atoms with E-state index >= 15 is 0 Å². The first kappa shape index (κ1) is 21.4. The Bertz CT molecular complexity index is 605. The highest BCUT2D eigenvalue weighted by molar-refractivity contribution is 6.74. The van der Waals surface area contributed by atoms with Crippen LogP contribution in [0.1, 0.15) is 80.6 Å². The third-order valence-electron chi connectivity index (χ3n) is 9.44. The summed E-state index contributed by atoms with van der Waals surface area (Å²) < 4.78 is 12.8. The van der Waals surface area contributed by atoms with Gasteiger partial charge in [0.2, 0.25) is 0 Å². The summed E-state index contributed by atoms with van der Waals surface area (Å²) in [6, 6.07) is 0. The SMILES string of the molecule is CC(=O)O[C@@H]1CC[C@@]2(C)[C@H]3CC(C)(C)[C@@H]3CC[C@@]12CO[Si](C)(C)C(C)(C)C. The molecule has 3 aliphatic carbocycles. The number of ether oxygens (including phenoxy) is 1. The average molecular weight is 395 g/mol. The second-order valence-electron chi connectivity index (χ2n) is 12.2. The molecule has 27 heavy (non-hydrogen) atoms. The van der Waals surface area contributed by atoms with E-state index in [1.165, 1.54) is 19.3 Å². The molecule has 0 aromatic carbocycles. The first-order valence-corrected chi connectivity index (χ1v) is 13.9. The van der Waals surface area contributed by atoms with Crippen molar-refractivity contribution in [3.05, 3.63) is 0 Å². The second-order valence-corrected chi connectivity index (χ2v) is 17.0. The normalized spacial score (nSPS) is 40.7. The summed E-state index contributed by atoms with van der Waals surface area (Å²) in [6.07, 6.45) is 5.90. The van der Waals surface area contributed by atoms with E-state index in [1.807, 2.05) is 0 Å². The van der Waals surface area contributed by atoms with E-state index in [9.17, 15) is 4.79 Å². The van der Waals surface area contributed by atoms with Crippen LogP contribution >= 0.6 is 0 Å². The van der Waals surface area contributed by atoms with Crippen molar-refractivity contribution >= 4 is 14.3 Å². The van der Waals surface area contributed by atoms with Crippen LogP contribution in [0, 0.1) is 28.1 Å². The number of hydrogen-bond acceptors (Lipinski definition) is 3. The van der Waals surface area contributed by atoms with E-state index in [4.69, 9.17) is 9.16 Å². The van der Waals surface area contributed by atoms with Gasteiger partial charge < -0.3 is 9.16 Å². The van der Waals surface area contributed by atoms with Gasteiger partial charge in [-0.3, -0.25) is 4.79 Å². The summed E-state index contributed by atoms with van der Waals surface area (Å²) in [5, 5.41) is 0.200. The molecule has 0 aromatic rings. The number of carbonyl (C=O) groups excluding carboxylic acids is 1. The molecule has 0 amide bonds. The molecule has 4 heteroatoms. The van der Waals surface area contributed by atoms with Gasteiger partial charge in [0, 0.05) is 18.9 Å². The van der Waals surface area contributed by atoms with E-state index in [1.54, 1.807) is 6.92 Å². The average Bonchev–Trinajstić information content (AvgIpc) is 2.77. The lowest BCUT2D eigenvalue weighted by Gasteiger charge is -2.67. The minimum Gasteiger partial charge on any atom is -0.462 e. The third kappa shape index (κ3) is 3.13. The fourth-order valence-corrected chi connectivity index (χ4v) is 7.52. The van der Waals surface area contributed by atoms with Crippen molar-refractivity contribution in [1.29, 1.82) is 0 Å². The summed E-state index contributed by atoms with van der Waals surface area (Å²) in [5.74, 6) is 1.44. The molecule has 3 rings (SSSR count). The molecule has 156 valence electrons. The number of carbonyl (C=O) groups is 1. The molecule has 3 nitrogen and oxygen atoms in total. The maximum atomic E-state index is 11.9. The molecular formula is C23H42O3Si. The highest BCUT2D eigenvalue weighted by Gasteiger charge is 2.70. The van der Waals surface area contributed by atoms with Crippen LogP contribution in [0.4, 0.5) is 0 Å². The van der Waals surface area contributed by atoms with Crippen molar-refractivity contribution in [2.24, 2.45) is 28.1 Å². The van der Waals surface area contributed by atoms with Crippen LogP contribution in [0.5, 0.6) is 0 Å². The molecule has 3 saturated carbocycles. The molecule has 0 radical (unpaired) electrons. The lowest BCUT2D eigenvalue weighted by molar-refractivity contribution is -0.209. The molecule has 0 spiro atoms. The van der Waals surface area contributed by atoms with Crippen LogP contribution in [0.2, 0.25) is 18.1 Å². The van der Waals surface area contributed by atoms with Crippen molar-refractivity contribution in [2.75, 3.05) is 6.61 Å². The molecule has 3 aliphatic rings. The first-order valence-electron chi connectivity index (χ1n) is 11.0. The predicted octanol–water partition coefficient (Wildman–Crippen LogP) is 6.18. The van der Waals surface area contributed by atoms with Gasteiger partial charge in [0.15, 0.2) is 8.32 Å². The minimum atomic E-state index is -1.85. The lowest BCUT2D eigenvalue weighted by atomic mass is 9.39. The van der Waals surface area contributed by atoms with Crippen LogP contribution in [0.15, 0.2) is 0 Å². The van der Waals surface area contributed by atoms with Crippen molar-refractivity contribution < 1.29 is 14.0 Å². The van der Waals surface area contributed by atoms with Gasteiger partial charge in [0.25, 0.3) is 0 Å². The molecule has 3 fully saturated rings. The van der Waals surface area contributed by atoms with E-state index in [2.05, 4.69) is 54.6 Å². The highest BCUT2D eigenvalue weighted by Crippen LogP contribution is 2.73. The van der Waals surface area contributed by atoms with Gasteiger partial charge in [-0.15, -0.1) is 0 Å². The third-order valence-corrected chi connectivity index (χ3v) is 13.9. The molecule has 0 unspecified atom stereocenters. The number of esters is 1. The highest BCUT2D eigenvalue weighted by atomic mass is 28.4. The Morgan fingerprint density at radius 1 is 1.07 bits per heavy atom. The molecule has 0 heterocycles. The zero-order valence-corrected chi connectivity index (χ0v) is 20.2. The maximum Gasteiger partial charge on any atom is 0.302 e. The maximum absolute atomic E-state index is 11.9. The zero-order valence-electron chi connectivity index (χ0n) is 19.2. The molecular weight excluding hydrogens is 352 g/mol. The smallest absolute Gasteiger partial charge is 0.302 e. The Morgan fingerprint density at radius 2 is 1.70 bits per heavy atom. The van der Waals surface area contributed by atoms with Crippen LogP contribution in [-0.2, 0) is 14.0 Å².